The SMILES string of the molecule is CC1C[C@H](CP(C(C)(C)C)C(C)(C)C)[C@H](C2(P)C3(C)CC4(C)OC(C)(CC2(C)O4)O3)CC1C. The molecule has 0 radical (unpaired) electrons. The van der Waals surface area contributed by atoms with Crippen LogP contribution in [0.15, 0.2) is 0 Å². The summed E-state index contributed by atoms with van der Waals surface area (Å²) in [6.45, 7) is 28.8. The maximum absolute atomic E-state index is 6.93. The van der Waals surface area contributed by atoms with Crippen molar-refractivity contribution in [3.8, 4) is 0 Å². The molecule has 0 N–H and O–H groups in total. The van der Waals surface area contributed by atoms with Gasteiger partial charge in [-0.2, -0.15) is 0 Å². The third-order valence-corrected chi connectivity index (χ3v) is 15.6. The van der Waals surface area contributed by atoms with Crippen LogP contribution in [0, 0.1) is 23.7 Å². The monoisotopic (exact) mass is 498 g/mol. The van der Waals surface area contributed by atoms with Gasteiger partial charge < -0.3 is 14.2 Å². The Morgan fingerprint density at radius 2 is 1.18 bits per heavy atom. The fourth-order valence-corrected chi connectivity index (χ4v) is 13.7. The molecule has 0 spiro atoms. The van der Waals surface area contributed by atoms with E-state index in [1.165, 1.54) is 19.0 Å². The van der Waals surface area contributed by atoms with Crippen LogP contribution in [0.3, 0.4) is 0 Å². The van der Waals surface area contributed by atoms with Crippen molar-refractivity contribution in [2.75, 3.05) is 6.16 Å². The Bertz CT molecular complexity index is 723. The van der Waals surface area contributed by atoms with E-state index in [2.05, 4.69) is 92.3 Å². The van der Waals surface area contributed by atoms with Crippen molar-refractivity contribution < 1.29 is 14.2 Å². The maximum Gasteiger partial charge on any atom is 0.172 e. The van der Waals surface area contributed by atoms with Gasteiger partial charge in [0.1, 0.15) is 0 Å². The molecule has 9 atom stereocenters. The molecule has 33 heavy (non-hydrogen) atoms. The Morgan fingerprint density at radius 1 is 0.758 bits per heavy atom. The lowest BCUT2D eigenvalue weighted by molar-refractivity contribution is -0.525. The molecule has 1 saturated carbocycles. The van der Waals surface area contributed by atoms with Crippen LogP contribution in [0.5, 0.6) is 0 Å². The minimum absolute atomic E-state index is 0.126. The zero-order chi connectivity index (χ0) is 25.0. The lowest BCUT2D eigenvalue weighted by Crippen LogP contribution is -2.85. The highest BCUT2D eigenvalue weighted by molar-refractivity contribution is 7.60. The molecule has 1 aliphatic carbocycles. The molecular formula is C28H52O3P2. The molecule has 4 bridgehead atoms. The average Bonchev–Trinajstić information content (AvgIpc) is 2.55. The second-order valence-corrected chi connectivity index (χ2v) is 19.8. The number of hydrogen-bond donors (Lipinski definition) is 0. The van der Waals surface area contributed by atoms with Crippen molar-refractivity contribution in [2.24, 2.45) is 23.7 Å². The molecule has 5 heteroatoms. The molecular weight excluding hydrogens is 446 g/mol. The second-order valence-electron chi connectivity index (χ2n) is 15.0. The molecule has 7 unspecified atom stereocenters. The predicted molar refractivity (Wildman–Crippen MR) is 144 cm³/mol. The summed E-state index contributed by atoms with van der Waals surface area (Å²) in [5.74, 6) is 1.65. The van der Waals surface area contributed by atoms with Crippen molar-refractivity contribution in [3.05, 3.63) is 0 Å². The summed E-state index contributed by atoms with van der Waals surface area (Å²) in [5.41, 5.74) is -0.555. The number of hydrogen-bond acceptors (Lipinski definition) is 3. The van der Waals surface area contributed by atoms with Gasteiger partial charge in [0.15, 0.2) is 11.6 Å². The fourth-order valence-electron chi connectivity index (χ4n) is 8.95. The van der Waals surface area contributed by atoms with Gasteiger partial charge in [0, 0.05) is 18.0 Å². The van der Waals surface area contributed by atoms with Gasteiger partial charge >= 0.3 is 0 Å². The highest BCUT2D eigenvalue weighted by atomic mass is 31.1. The summed E-state index contributed by atoms with van der Waals surface area (Å²) >= 11 is 0. The lowest BCUT2D eigenvalue weighted by atomic mass is 9.53. The van der Waals surface area contributed by atoms with E-state index in [4.69, 9.17) is 14.2 Å². The van der Waals surface area contributed by atoms with E-state index in [1.54, 1.807) is 0 Å². The Hall–Kier alpha value is 0.740. The van der Waals surface area contributed by atoms with Gasteiger partial charge in [-0.3, -0.25) is 0 Å². The van der Waals surface area contributed by atoms with Crippen molar-refractivity contribution in [1.82, 2.24) is 0 Å². The first-order chi connectivity index (χ1) is 14.7. The molecule has 0 aromatic heterocycles. The molecule has 5 rings (SSSR count). The molecule has 0 amide bonds. The van der Waals surface area contributed by atoms with Crippen LogP contribution >= 0.6 is 17.2 Å². The lowest BCUT2D eigenvalue weighted by Gasteiger charge is -2.76. The highest BCUT2D eigenvalue weighted by Crippen LogP contribution is 2.72. The van der Waals surface area contributed by atoms with E-state index in [0.29, 0.717) is 22.1 Å². The molecule has 4 saturated heterocycles. The van der Waals surface area contributed by atoms with Crippen LogP contribution in [0.4, 0.5) is 0 Å². The van der Waals surface area contributed by atoms with Gasteiger partial charge in [0.25, 0.3) is 0 Å². The maximum atomic E-state index is 6.93. The number of ether oxygens (including phenoxy) is 3. The molecule has 3 nitrogen and oxygen atoms in total. The quantitative estimate of drug-likeness (QED) is 0.372. The van der Waals surface area contributed by atoms with Gasteiger partial charge in [-0.25, -0.2) is 0 Å². The van der Waals surface area contributed by atoms with Crippen molar-refractivity contribution in [1.29, 1.82) is 0 Å². The van der Waals surface area contributed by atoms with Crippen LogP contribution < -0.4 is 0 Å². The Kier molecular flexibility index (Phi) is 6.20. The first-order valence-corrected chi connectivity index (χ1v) is 15.4. The van der Waals surface area contributed by atoms with Gasteiger partial charge in [-0.05, 0) is 80.7 Å². The van der Waals surface area contributed by atoms with E-state index < -0.39 is 11.6 Å². The molecule has 4 heterocycles. The summed E-state index contributed by atoms with van der Waals surface area (Å²) in [6.07, 6.45) is 5.53. The van der Waals surface area contributed by atoms with Gasteiger partial charge in [-0.15, -0.1) is 9.24 Å². The highest BCUT2D eigenvalue weighted by Gasteiger charge is 2.78. The fraction of sp³-hybridized carbons (Fsp3) is 1.00. The van der Waals surface area contributed by atoms with Crippen LogP contribution in [-0.2, 0) is 14.2 Å². The normalized spacial score (nSPS) is 52.5. The van der Waals surface area contributed by atoms with Crippen molar-refractivity contribution in [2.45, 2.75) is 147 Å². The van der Waals surface area contributed by atoms with Gasteiger partial charge in [0.2, 0.25) is 0 Å². The Balaban J connectivity index is 1.78. The van der Waals surface area contributed by atoms with Gasteiger partial charge in [0.05, 0.1) is 11.2 Å². The topological polar surface area (TPSA) is 27.7 Å². The molecule has 5 aliphatic rings. The van der Waals surface area contributed by atoms with Crippen LogP contribution in [0.25, 0.3) is 0 Å². The zero-order valence-corrected chi connectivity index (χ0v) is 25.6. The van der Waals surface area contributed by atoms with E-state index in [9.17, 15) is 0 Å². The minimum Gasteiger partial charge on any atom is -0.343 e. The smallest absolute Gasteiger partial charge is 0.172 e. The summed E-state index contributed by atoms with van der Waals surface area (Å²) in [5, 5.41) is 0.564. The molecule has 5 fully saturated rings. The van der Waals surface area contributed by atoms with Crippen molar-refractivity contribution >= 4 is 17.2 Å². The van der Waals surface area contributed by atoms with Gasteiger partial charge in [-0.1, -0.05) is 63.3 Å². The first-order valence-electron chi connectivity index (χ1n) is 13.3. The standard InChI is InChI=1S/C28H52O3P2/c1-18-13-20(15-33(22(3,4)5)23(6,7)8)21(14-19(18)2)28(32)24(9)16-26(11)30-25(28,10)17-27(12,29-24)31-26/h18-21H,13-17,32H2,1-12H3/t18?,19?,20-,21-,24?,25?,26?,27?,28?/m1/s1. The Morgan fingerprint density at radius 3 is 1.61 bits per heavy atom. The van der Waals surface area contributed by atoms with E-state index >= 15 is 0 Å². The first kappa shape index (κ1) is 26.8. The third kappa shape index (κ3) is 4.11. The third-order valence-electron chi connectivity index (χ3n) is 9.84. The molecule has 0 aromatic carbocycles. The van der Waals surface area contributed by atoms with Crippen molar-refractivity contribution in [3.63, 3.8) is 0 Å². The average molecular weight is 499 g/mol. The largest absolute Gasteiger partial charge is 0.343 e. The van der Waals surface area contributed by atoms with E-state index in [1.807, 2.05) is 0 Å². The second kappa shape index (κ2) is 7.63. The minimum atomic E-state index is -0.554. The summed E-state index contributed by atoms with van der Waals surface area (Å²) in [6, 6.07) is 0. The summed E-state index contributed by atoms with van der Waals surface area (Å²) < 4.78 is 20.2. The van der Waals surface area contributed by atoms with Crippen LogP contribution in [0.2, 0.25) is 0 Å². The van der Waals surface area contributed by atoms with Crippen LogP contribution in [-0.4, -0.2) is 44.4 Å². The number of rotatable bonds is 3. The molecule has 4 aliphatic heterocycles. The molecule has 192 valence electrons. The summed E-state index contributed by atoms with van der Waals surface area (Å²) in [4.78, 5) is 0. The predicted octanol–water partition coefficient (Wildman–Crippen LogP) is 7.80. The van der Waals surface area contributed by atoms with Crippen LogP contribution in [0.1, 0.15) is 109 Å². The molecule has 0 aromatic rings. The summed E-state index contributed by atoms with van der Waals surface area (Å²) in [7, 11) is 3.25. The Labute approximate surface area is 208 Å². The zero-order valence-electron chi connectivity index (χ0n) is 23.6. The van der Waals surface area contributed by atoms with E-state index in [0.717, 1.165) is 24.7 Å². The van der Waals surface area contributed by atoms with E-state index in [-0.39, 0.29) is 24.3 Å².